The molecule has 1 aromatic carbocycles. The van der Waals surface area contributed by atoms with Crippen LogP contribution in [-0.2, 0) is 9.84 Å². The van der Waals surface area contributed by atoms with E-state index in [4.69, 9.17) is 5.73 Å². The predicted molar refractivity (Wildman–Crippen MR) is 73.4 cm³/mol. The standard InChI is InChI=1S/C13H20N2O2S/c1-2-18(16,17)12-7-4-3-6-11(12)15-13(10-14)8-5-9-13/h3-4,6-7,15H,2,5,8-10,14H2,1H3. The highest BCUT2D eigenvalue weighted by molar-refractivity contribution is 7.91. The molecule has 0 aromatic heterocycles. The Kier molecular flexibility index (Phi) is 3.64. The smallest absolute Gasteiger partial charge is 0.180 e. The van der Waals surface area contributed by atoms with Crippen molar-refractivity contribution in [3.8, 4) is 0 Å². The molecule has 0 radical (unpaired) electrons. The zero-order valence-corrected chi connectivity index (χ0v) is 11.5. The number of para-hydroxylation sites is 1. The number of nitrogens with two attached hydrogens (primary N) is 1. The predicted octanol–water partition coefficient (Wildman–Crippen LogP) is 1.77. The molecule has 0 bridgehead atoms. The fourth-order valence-electron chi connectivity index (χ4n) is 2.27. The van der Waals surface area contributed by atoms with Crippen molar-refractivity contribution in [1.82, 2.24) is 0 Å². The summed E-state index contributed by atoms with van der Waals surface area (Å²) < 4.78 is 24.1. The molecule has 0 spiro atoms. The van der Waals surface area contributed by atoms with Gasteiger partial charge in [0.2, 0.25) is 0 Å². The molecule has 1 aliphatic carbocycles. The van der Waals surface area contributed by atoms with Gasteiger partial charge in [-0.2, -0.15) is 0 Å². The molecule has 3 N–H and O–H groups in total. The quantitative estimate of drug-likeness (QED) is 0.853. The minimum Gasteiger partial charge on any atom is -0.377 e. The monoisotopic (exact) mass is 268 g/mol. The Bertz CT molecular complexity index is 516. The van der Waals surface area contributed by atoms with Gasteiger partial charge in [0.25, 0.3) is 0 Å². The Hall–Kier alpha value is -1.07. The molecular weight excluding hydrogens is 248 g/mol. The van der Waals surface area contributed by atoms with Gasteiger partial charge >= 0.3 is 0 Å². The maximum atomic E-state index is 12.0. The van der Waals surface area contributed by atoms with Gasteiger partial charge in [-0.25, -0.2) is 8.42 Å². The minimum absolute atomic E-state index is 0.112. The van der Waals surface area contributed by atoms with E-state index < -0.39 is 9.84 Å². The largest absolute Gasteiger partial charge is 0.377 e. The topological polar surface area (TPSA) is 72.2 Å². The summed E-state index contributed by atoms with van der Waals surface area (Å²) in [5.74, 6) is 0.112. The second-order valence-corrected chi connectivity index (χ2v) is 7.11. The highest BCUT2D eigenvalue weighted by atomic mass is 32.2. The summed E-state index contributed by atoms with van der Waals surface area (Å²) in [5, 5.41) is 3.35. The molecule has 0 saturated heterocycles. The first-order valence-electron chi connectivity index (χ1n) is 6.33. The molecule has 2 rings (SSSR count). The zero-order valence-electron chi connectivity index (χ0n) is 10.6. The molecule has 18 heavy (non-hydrogen) atoms. The molecule has 1 saturated carbocycles. The van der Waals surface area contributed by atoms with Gasteiger partial charge in [0, 0.05) is 12.1 Å². The number of hydrogen-bond donors (Lipinski definition) is 2. The molecule has 4 nitrogen and oxygen atoms in total. The average Bonchev–Trinajstić information content (AvgIpc) is 2.34. The molecule has 0 aliphatic heterocycles. The number of rotatable bonds is 5. The lowest BCUT2D eigenvalue weighted by Crippen LogP contribution is -2.51. The molecule has 5 heteroatoms. The fraction of sp³-hybridized carbons (Fsp3) is 0.538. The lowest BCUT2D eigenvalue weighted by molar-refractivity contribution is 0.287. The van der Waals surface area contributed by atoms with Gasteiger partial charge in [0.05, 0.1) is 16.3 Å². The Morgan fingerprint density at radius 1 is 1.33 bits per heavy atom. The van der Waals surface area contributed by atoms with Gasteiger partial charge < -0.3 is 11.1 Å². The molecule has 0 heterocycles. The van der Waals surface area contributed by atoms with Crippen LogP contribution in [0.25, 0.3) is 0 Å². The maximum absolute atomic E-state index is 12.0. The van der Waals surface area contributed by atoms with E-state index in [0.717, 1.165) is 19.3 Å². The van der Waals surface area contributed by atoms with Crippen LogP contribution in [0.5, 0.6) is 0 Å². The maximum Gasteiger partial charge on any atom is 0.180 e. The van der Waals surface area contributed by atoms with Crippen molar-refractivity contribution in [1.29, 1.82) is 0 Å². The minimum atomic E-state index is -3.20. The van der Waals surface area contributed by atoms with Crippen molar-refractivity contribution >= 4 is 15.5 Å². The summed E-state index contributed by atoms with van der Waals surface area (Å²) in [5.41, 5.74) is 6.37. The summed E-state index contributed by atoms with van der Waals surface area (Å²) in [4.78, 5) is 0.382. The number of hydrogen-bond acceptors (Lipinski definition) is 4. The van der Waals surface area contributed by atoms with E-state index >= 15 is 0 Å². The second kappa shape index (κ2) is 4.90. The summed E-state index contributed by atoms with van der Waals surface area (Å²) in [6.45, 7) is 2.20. The Morgan fingerprint density at radius 3 is 2.50 bits per heavy atom. The van der Waals surface area contributed by atoms with Crippen molar-refractivity contribution in [2.24, 2.45) is 5.73 Å². The lowest BCUT2D eigenvalue weighted by atomic mass is 9.76. The third-order valence-electron chi connectivity index (χ3n) is 3.70. The van der Waals surface area contributed by atoms with Gasteiger partial charge in [0.15, 0.2) is 9.84 Å². The van der Waals surface area contributed by atoms with Crippen LogP contribution >= 0.6 is 0 Å². The molecular formula is C13H20N2O2S. The Balaban J connectivity index is 2.34. The van der Waals surface area contributed by atoms with Crippen molar-refractivity contribution < 1.29 is 8.42 Å². The van der Waals surface area contributed by atoms with Crippen LogP contribution in [0.2, 0.25) is 0 Å². The van der Waals surface area contributed by atoms with Crippen LogP contribution in [-0.4, -0.2) is 26.3 Å². The third kappa shape index (κ3) is 2.37. The van der Waals surface area contributed by atoms with Crippen LogP contribution < -0.4 is 11.1 Å². The normalized spacial score (nSPS) is 18.1. The van der Waals surface area contributed by atoms with Crippen LogP contribution in [0.3, 0.4) is 0 Å². The molecule has 0 unspecified atom stereocenters. The second-order valence-electron chi connectivity index (χ2n) is 4.86. The van der Waals surface area contributed by atoms with Gasteiger partial charge in [-0.05, 0) is 31.4 Å². The third-order valence-corrected chi connectivity index (χ3v) is 5.49. The number of benzene rings is 1. The average molecular weight is 268 g/mol. The van der Waals surface area contributed by atoms with Crippen LogP contribution in [0.15, 0.2) is 29.2 Å². The summed E-state index contributed by atoms with van der Waals surface area (Å²) in [6.07, 6.45) is 3.15. The molecule has 100 valence electrons. The first-order chi connectivity index (χ1) is 8.53. The first kappa shape index (κ1) is 13.4. The van der Waals surface area contributed by atoms with E-state index in [1.807, 2.05) is 12.1 Å². The molecule has 0 atom stereocenters. The van der Waals surface area contributed by atoms with Crippen molar-refractivity contribution in [3.63, 3.8) is 0 Å². The van der Waals surface area contributed by atoms with Crippen LogP contribution in [0.1, 0.15) is 26.2 Å². The van der Waals surface area contributed by atoms with E-state index in [9.17, 15) is 8.42 Å². The number of nitrogens with one attached hydrogen (secondary N) is 1. The number of sulfone groups is 1. The molecule has 1 aromatic rings. The molecule has 1 aliphatic rings. The van der Waals surface area contributed by atoms with E-state index in [1.54, 1.807) is 19.1 Å². The van der Waals surface area contributed by atoms with E-state index in [0.29, 0.717) is 17.1 Å². The van der Waals surface area contributed by atoms with E-state index in [-0.39, 0.29) is 11.3 Å². The Labute approximate surface area is 108 Å². The summed E-state index contributed by atoms with van der Waals surface area (Å²) in [7, 11) is -3.20. The number of anilines is 1. The fourth-order valence-corrected chi connectivity index (χ4v) is 3.32. The Morgan fingerprint density at radius 2 is 2.00 bits per heavy atom. The van der Waals surface area contributed by atoms with Crippen molar-refractivity contribution in [3.05, 3.63) is 24.3 Å². The van der Waals surface area contributed by atoms with Gasteiger partial charge in [0.1, 0.15) is 0 Å². The van der Waals surface area contributed by atoms with Crippen molar-refractivity contribution in [2.75, 3.05) is 17.6 Å². The highest BCUT2D eigenvalue weighted by Crippen LogP contribution is 2.36. The molecule has 1 fully saturated rings. The van der Waals surface area contributed by atoms with Gasteiger partial charge in [-0.15, -0.1) is 0 Å². The summed E-state index contributed by atoms with van der Waals surface area (Å²) in [6, 6.07) is 7.08. The summed E-state index contributed by atoms with van der Waals surface area (Å²) >= 11 is 0. The van der Waals surface area contributed by atoms with Gasteiger partial charge in [-0.3, -0.25) is 0 Å². The van der Waals surface area contributed by atoms with Gasteiger partial charge in [-0.1, -0.05) is 19.1 Å². The lowest BCUT2D eigenvalue weighted by Gasteiger charge is -2.42. The highest BCUT2D eigenvalue weighted by Gasteiger charge is 2.36. The zero-order chi connectivity index (χ0) is 13.2. The van der Waals surface area contributed by atoms with E-state index in [2.05, 4.69) is 5.32 Å². The van der Waals surface area contributed by atoms with Crippen LogP contribution in [0.4, 0.5) is 5.69 Å². The van der Waals surface area contributed by atoms with Crippen LogP contribution in [0, 0.1) is 0 Å². The SMILES string of the molecule is CCS(=O)(=O)c1ccccc1NC1(CN)CCC1. The first-order valence-corrected chi connectivity index (χ1v) is 7.98. The molecule has 0 amide bonds. The van der Waals surface area contributed by atoms with Crippen molar-refractivity contribution in [2.45, 2.75) is 36.6 Å². The van der Waals surface area contributed by atoms with E-state index in [1.165, 1.54) is 0 Å².